The van der Waals surface area contributed by atoms with Gasteiger partial charge in [0.25, 0.3) is 5.91 Å². The number of ether oxygens (including phenoxy) is 1. The highest BCUT2D eigenvalue weighted by molar-refractivity contribution is 6.02. The summed E-state index contributed by atoms with van der Waals surface area (Å²) in [4.78, 5) is 12.8. The van der Waals surface area contributed by atoms with Gasteiger partial charge in [-0.3, -0.25) is 4.79 Å². The summed E-state index contributed by atoms with van der Waals surface area (Å²) in [5, 5.41) is 9.97. The molecule has 1 aliphatic heterocycles. The molecule has 2 aromatic rings. The maximum Gasteiger partial charge on any atom is 0.252 e. The Morgan fingerprint density at radius 2 is 1.57 bits per heavy atom. The molecule has 1 fully saturated rings. The molecule has 1 saturated heterocycles. The fourth-order valence-electron chi connectivity index (χ4n) is 4.76. The van der Waals surface area contributed by atoms with Gasteiger partial charge in [0.2, 0.25) is 0 Å². The van der Waals surface area contributed by atoms with E-state index in [1.807, 2.05) is 91.0 Å². The normalized spacial score (nSPS) is 14.6. The number of benzene rings is 2. The molecule has 1 heterocycles. The molecule has 0 spiro atoms. The van der Waals surface area contributed by atoms with Crippen molar-refractivity contribution in [1.29, 1.82) is 0 Å². The minimum Gasteiger partial charge on any atom is -0.457 e. The first-order valence-electron chi connectivity index (χ1n) is 12.6. The van der Waals surface area contributed by atoms with Crippen molar-refractivity contribution in [3.8, 4) is 22.6 Å². The fraction of sp³-hybridized carbons (Fsp3) is 0.194. The van der Waals surface area contributed by atoms with Crippen molar-refractivity contribution in [3.63, 3.8) is 0 Å². The number of piperidine rings is 1. The van der Waals surface area contributed by atoms with Crippen LogP contribution in [-0.4, -0.2) is 24.5 Å². The molecule has 37 heavy (non-hydrogen) atoms. The van der Waals surface area contributed by atoms with Crippen LogP contribution >= 0.6 is 0 Å². The summed E-state index contributed by atoms with van der Waals surface area (Å²) in [6.07, 6.45) is 1.80. The molecule has 188 valence electrons. The van der Waals surface area contributed by atoms with Crippen LogP contribution in [0.2, 0.25) is 0 Å². The van der Waals surface area contributed by atoms with Gasteiger partial charge in [-0.1, -0.05) is 55.1 Å². The second kappa shape index (κ2) is 10.8. The van der Waals surface area contributed by atoms with Crippen LogP contribution in [0.25, 0.3) is 11.1 Å². The van der Waals surface area contributed by atoms with Gasteiger partial charge in [0.15, 0.2) is 0 Å². The minimum atomic E-state index is -0.285. The number of fused-ring (bicyclic) bond motifs is 1. The van der Waals surface area contributed by atoms with Gasteiger partial charge in [0.1, 0.15) is 11.5 Å². The summed E-state index contributed by atoms with van der Waals surface area (Å²) >= 11 is 0. The molecule has 0 bridgehead atoms. The first kappa shape index (κ1) is 24.4. The third kappa shape index (κ3) is 5.60. The SMILES string of the molecule is C=C(N)C1(Nc2ccc(Oc3ccc(CNC(=O)c4ccc5cccccc4-5)cc3)cc2)CCNCC1. The van der Waals surface area contributed by atoms with E-state index in [0.717, 1.165) is 59.8 Å². The maximum atomic E-state index is 12.8. The van der Waals surface area contributed by atoms with E-state index in [2.05, 4.69) is 22.5 Å². The van der Waals surface area contributed by atoms with Gasteiger partial charge in [-0.2, -0.15) is 0 Å². The molecule has 6 nitrogen and oxygen atoms in total. The number of hydrogen-bond donors (Lipinski definition) is 4. The number of nitrogens with one attached hydrogen (secondary N) is 3. The molecule has 1 amide bonds. The molecule has 3 aliphatic rings. The third-order valence-electron chi connectivity index (χ3n) is 6.96. The second-order valence-corrected chi connectivity index (χ2v) is 9.46. The average Bonchev–Trinajstić information content (AvgIpc) is 3.18. The van der Waals surface area contributed by atoms with Crippen molar-refractivity contribution in [3.05, 3.63) is 114 Å². The number of anilines is 1. The summed E-state index contributed by atoms with van der Waals surface area (Å²) in [6.45, 7) is 6.28. The Balaban J connectivity index is 1.16. The summed E-state index contributed by atoms with van der Waals surface area (Å²) in [5.41, 5.74) is 11.2. The molecular weight excluding hydrogens is 460 g/mol. The molecule has 2 aromatic carbocycles. The molecule has 0 radical (unpaired) electrons. The zero-order valence-electron chi connectivity index (χ0n) is 20.8. The van der Waals surface area contributed by atoms with Crippen molar-refractivity contribution in [2.24, 2.45) is 5.73 Å². The Morgan fingerprint density at radius 3 is 2.27 bits per heavy atom. The minimum absolute atomic E-state index is 0.0836. The topological polar surface area (TPSA) is 88.4 Å². The number of carbonyl (C=O) groups is 1. The monoisotopic (exact) mass is 492 g/mol. The number of carbonyl (C=O) groups excluding carboxylic acids is 1. The highest BCUT2D eigenvalue weighted by Crippen LogP contribution is 2.30. The predicted octanol–water partition coefficient (Wildman–Crippen LogP) is 5.52. The van der Waals surface area contributed by atoms with Gasteiger partial charge in [-0.05, 0) is 85.1 Å². The third-order valence-corrected chi connectivity index (χ3v) is 6.96. The van der Waals surface area contributed by atoms with Crippen LogP contribution < -0.4 is 26.4 Å². The first-order chi connectivity index (χ1) is 18.0. The Kier molecular flexibility index (Phi) is 7.10. The molecule has 0 atom stereocenters. The number of amides is 1. The van der Waals surface area contributed by atoms with E-state index < -0.39 is 0 Å². The van der Waals surface area contributed by atoms with Crippen molar-refractivity contribution >= 4 is 11.6 Å². The van der Waals surface area contributed by atoms with Gasteiger partial charge in [0, 0.05) is 23.5 Å². The number of rotatable bonds is 8. The van der Waals surface area contributed by atoms with Crippen molar-refractivity contribution in [2.45, 2.75) is 24.9 Å². The quantitative estimate of drug-likeness (QED) is 0.260. The summed E-state index contributed by atoms with van der Waals surface area (Å²) in [6, 6.07) is 29.3. The number of nitrogens with two attached hydrogens (primary N) is 1. The summed E-state index contributed by atoms with van der Waals surface area (Å²) in [5.74, 6) is 1.39. The van der Waals surface area contributed by atoms with Crippen molar-refractivity contribution in [1.82, 2.24) is 10.6 Å². The van der Waals surface area contributed by atoms with Crippen LogP contribution in [0.3, 0.4) is 0 Å². The second-order valence-electron chi connectivity index (χ2n) is 9.46. The fourth-order valence-corrected chi connectivity index (χ4v) is 4.76. The lowest BCUT2D eigenvalue weighted by Gasteiger charge is -2.39. The van der Waals surface area contributed by atoms with Crippen LogP contribution in [0.4, 0.5) is 5.69 Å². The highest BCUT2D eigenvalue weighted by Gasteiger charge is 2.33. The van der Waals surface area contributed by atoms with E-state index in [1.165, 1.54) is 0 Å². The van der Waals surface area contributed by atoms with Crippen LogP contribution in [0.15, 0.2) is 103 Å². The van der Waals surface area contributed by atoms with Crippen LogP contribution in [0.1, 0.15) is 28.8 Å². The zero-order valence-corrected chi connectivity index (χ0v) is 20.8. The lowest BCUT2D eigenvalue weighted by Crippen LogP contribution is -2.50. The molecule has 5 rings (SSSR count). The van der Waals surface area contributed by atoms with E-state index in [-0.39, 0.29) is 11.4 Å². The summed E-state index contributed by atoms with van der Waals surface area (Å²) < 4.78 is 6.03. The molecular formula is C31H32N4O2. The van der Waals surface area contributed by atoms with Gasteiger partial charge < -0.3 is 26.4 Å². The Morgan fingerprint density at radius 1 is 0.892 bits per heavy atom. The van der Waals surface area contributed by atoms with Gasteiger partial charge >= 0.3 is 0 Å². The Bertz CT molecular complexity index is 1340. The largest absolute Gasteiger partial charge is 0.457 e. The Hall–Kier alpha value is -4.29. The van der Waals surface area contributed by atoms with E-state index >= 15 is 0 Å². The van der Waals surface area contributed by atoms with Crippen LogP contribution in [0, 0.1) is 0 Å². The maximum absolute atomic E-state index is 12.8. The Labute approximate surface area is 217 Å². The van der Waals surface area contributed by atoms with Crippen LogP contribution in [-0.2, 0) is 6.54 Å². The van der Waals surface area contributed by atoms with E-state index in [0.29, 0.717) is 17.8 Å². The molecule has 0 aromatic heterocycles. The first-order valence-corrected chi connectivity index (χ1v) is 12.6. The highest BCUT2D eigenvalue weighted by atomic mass is 16.5. The molecule has 0 unspecified atom stereocenters. The van der Waals surface area contributed by atoms with Gasteiger partial charge in [0.05, 0.1) is 5.54 Å². The van der Waals surface area contributed by atoms with Crippen LogP contribution in [0.5, 0.6) is 11.5 Å². The lowest BCUT2D eigenvalue weighted by molar-refractivity contribution is 0.0952. The molecule has 6 heteroatoms. The molecule has 5 N–H and O–H groups in total. The predicted molar refractivity (Wildman–Crippen MR) is 149 cm³/mol. The number of hydrogen-bond acceptors (Lipinski definition) is 5. The zero-order chi connectivity index (χ0) is 25.7. The smallest absolute Gasteiger partial charge is 0.252 e. The van der Waals surface area contributed by atoms with Gasteiger partial charge in [-0.15, -0.1) is 0 Å². The van der Waals surface area contributed by atoms with E-state index in [1.54, 1.807) is 0 Å². The summed E-state index contributed by atoms with van der Waals surface area (Å²) in [7, 11) is 0. The van der Waals surface area contributed by atoms with Crippen molar-refractivity contribution in [2.75, 3.05) is 18.4 Å². The lowest BCUT2D eigenvalue weighted by atomic mass is 9.85. The van der Waals surface area contributed by atoms with E-state index in [4.69, 9.17) is 10.5 Å². The molecule has 2 aliphatic carbocycles. The molecule has 0 saturated carbocycles. The standard InChI is InChI=1S/C31H32N4O2/c1-22(32)31(17-19-33-20-18-31)35-25-10-14-27(15-11-25)37-26-12-7-23(8-13-26)21-34-30(36)29-16-9-24-5-3-2-4-6-28(24)29/h2-16,33,35H,1,17-21,32H2,(H,34,36). The average molecular weight is 493 g/mol. The van der Waals surface area contributed by atoms with Crippen molar-refractivity contribution < 1.29 is 9.53 Å². The van der Waals surface area contributed by atoms with E-state index in [9.17, 15) is 4.79 Å². The van der Waals surface area contributed by atoms with Gasteiger partial charge in [-0.25, -0.2) is 0 Å².